The highest BCUT2D eigenvalue weighted by Gasteiger charge is 2.76. The van der Waals surface area contributed by atoms with Gasteiger partial charge in [-0.1, -0.05) is 37.3 Å². The van der Waals surface area contributed by atoms with Crippen LogP contribution in [0.1, 0.15) is 31.4 Å². The molecule has 0 N–H and O–H groups in total. The van der Waals surface area contributed by atoms with Gasteiger partial charge in [0.1, 0.15) is 5.60 Å². The second-order valence-corrected chi connectivity index (χ2v) is 6.33. The molecule has 2 heterocycles. The van der Waals surface area contributed by atoms with Crippen LogP contribution in [0.2, 0.25) is 0 Å². The molecule has 0 aromatic heterocycles. The molecule has 3 nitrogen and oxygen atoms in total. The van der Waals surface area contributed by atoms with Crippen LogP contribution in [0.4, 0.5) is 0 Å². The zero-order chi connectivity index (χ0) is 13.2. The summed E-state index contributed by atoms with van der Waals surface area (Å²) in [5.74, 6) is 0.611. The fourth-order valence-corrected chi connectivity index (χ4v) is 4.70. The van der Waals surface area contributed by atoms with Gasteiger partial charge in [-0.25, -0.2) is 0 Å². The standard InChI is InChI=1S/C16H22N2O/c1-4-12-14-15(11-8-6-5-7-9-11)18(3)19-16(14)10-13(16)17(12)2/h5-9,12-15H,4,10H2,1-3H3. The van der Waals surface area contributed by atoms with Crippen molar-refractivity contribution in [2.75, 3.05) is 14.1 Å². The quantitative estimate of drug-likeness (QED) is 0.810. The van der Waals surface area contributed by atoms with Crippen LogP contribution in [-0.4, -0.2) is 41.7 Å². The first-order valence-corrected chi connectivity index (χ1v) is 7.38. The number of hydroxylamine groups is 2. The molecule has 0 radical (unpaired) electrons. The maximum absolute atomic E-state index is 6.31. The van der Waals surface area contributed by atoms with Crippen molar-refractivity contribution in [3.63, 3.8) is 0 Å². The Morgan fingerprint density at radius 2 is 2.00 bits per heavy atom. The molecule has 3 heteroatoms. The smallest absolute Gasteiger partial charge is 0.113 e. The Hall–Kier alpha value is -0.900. The first-order chi connectivity index (χ1) is 9.19. The fourth-order valence-electron chi connectivity index (χ4n) is 4.70. The van der Waals surface area contributed by atoms with E-state index in [2.05, 4.69) is 61.3 Å². The predicted octanol–water partition coefficient (Wildman–Crippen LogP) is 2.46. The minimum Gasteiger partial charge on any atom is -0.297 e. The van der Waals surface area contributed by atoms with Crippen molar-refractivity contribution in [2.45, 2.75) is 43.5 Å². The van der Waals surface area contributed by atoms with Crippen LogP contribution in [-0.2, 0) is 4.84 Å². The Bertz CT molecular complexity index is 491. The Morgan fingerprint density at radius 3 is 2.68 bits per heavy atom. The Morgan fingerprint density at radius 1 is 1.26 bits per heavy atom. The van der Waals surface area contributed by atoms with E-state index in [1.54, 1.807) is 0 Å². The summed E-state index contributed by atoms with van der Waals surface area (Å²) in [5, 5.41) is 2.12. The SMILES string of the molecule is CCC1C2C(c3ccccc3)N(C)OC23CC3N1C. The molecule has 5 atom stereocenters. The normalized spacial score (nSPS) is 45.2. The molecule has 2 saturated heterocycles. The van der Waals surface area contributed by atoms with Gasteiger partial charge in [0.25, 0.3) is 0 Å². The highest BCUT2D eigenvalue weighted by Crippen LogP contribution is 2.66. The number of likely N-dealkylation sites (tertiary alicyclic amines) is 1. The number of hydrogen-bond donors (Lipinski definition) is 0. The van der Waals surface area contributed by atoms with Crippen molar-refractivity contribution in [3.8, 4) is 0 Å². The van der Waals surface area contributed by atoms with Crippen LogP contribution in [0, 0.1) is 5.92 Å². The van der Waals surface area contributed by atoms with Gasteiger partial charge >= 0.3 is 0 Å². The zero-order valence-corrected chi connectivity index (χ0v) is 11.9. The van der Waals surface area contributed by atoms with E-state index in [4.69, 9.17) is 4.84 Å². The van der Waals surface area contributed by atoms with Crippen molar-refractivity contribution in [1.29, 1.82) is 0 Å². The molecule has 3 fully saturated rings. The molecule has 0 bridgehead atoms. The number of likely N-dealkylation sites (N-methyl/N-ethyl adjacent to an activating group) is 1. The molecular formula is C16H22N2O. The van der Waals surface area contributed by atoms with E-state index >= 15 is 0 Å². The topological polar surface area (TPSA) is 15.7 Å². The second kappa shape index (κ2) is 3.81. The summed E-state index contributed by atoms with van der Waals surface area (Å²) >= 11 is 0. The first-order valence-electron chi connectivity index (χ1n) is 7.38. The number of hydrogen-bond acceptors (Lipinski definition) is 3. The van der Waals surface area contributed by atoms with Gasteiger partial charge in [-0.05, 0) is 25.5 Å². The third-order valence-corrected chi connectivity index (χ3v) is 5.52. The van der Waals surface area contributed by atoms with Gasteiger partial charge in [-0.3, -0.25) is 9.74 Å². The summed E-state index contributed by atoms with van der Waals surface area (Å²) in [7, 11) is 4.38. The van der Waals surface area contributed by atoms with Crippen LogP contribution < -0.4 is 0 Å². The van der Waals surface area contributed by atoms with Crippen molar-refractivity contribution in [2.24, 2.45) is 5.92 Å². The molecule has 102 valence electrons. The van der Waals surface area contributed by atoms with Gasteiger partial charge in [-0.2, -0.15) is 5.06 Å². The Balaban J connectivity index is 1.76. The minimum absolute atomic E-state index is 0.116. The van der Waals surface area contributed by atoms with Crippen LogP contribution in [0.3, 0.4) is 0 Å². The summed E-state index contributed by atoms with van der Waals surface area (Å²) in [5.41, 5.74) is 1.51. The lowest BCUT2D eigenvalue weighted by molar-refractivity contribution is -0.158. The van der Waals surface area contributed by atoms with Crippen LogP contribution in [0.25, 0.3) is 0 Å². The molecule has 5 unspecified atom stereocenters. The third kappa shape index (κ3) is 1.38. The number of rotatable bonds is 2. The van der Waals surface area contributed by atoms with Gasteiger partial charge < -0.3 is 0 Å². The van der Waals surface area contributed by atoms with E-state index in [0.717, 1.165) is 0 Å². The van der Waals surface area contributed by atoms with E-state index in [-0.39, 0.29) is 5.60 Å². The largest absolute Gasteiger partial charge is 0.297 e. The molecule has 19 heavy (non-hydrogen) atoms. The van der Waals surface area contributed by atoms with Gasteiger partial charge in [0, 0.05) is 25.0 Å². The average Bonchev–Trinajstić information content (AvgIpc) is 2.98. The molecule has 1 saturated carbocycles. The highest BCUT2D eigenvalue weighted by atomic mass is 16.7. The predicted molar refractivity (Wildman–Crippen MR) is 74.5 cm³/mol. The van der Waals surface area contributed by atoms with E-state index in [0.29, 0.717) is 24.0 Å². The summed E-state index contributed by atoms with van der Waals surface area (Å²) in [6, 6.07) is 12.5. The monoisotopic (exact) mass is 258 g/mol. The summed E-state index contributed by atoms with van der Waals surface area (Å²) in [4.78, 5) is 8.87. The van der Waals surface area contributed by atoms with Crippen molar-refractivity contribution in [3.05, 3.63) is 35.9 Å². The van der Waals surface area contributed by atoms with Gasteiger partial charge in [-0.15, -0.1) is 0 Å². The van der Waals surface area contributed by atoms with E-state index in [1.165, 1.54) is 18.4 Å². The van der Waals surface area contributed by atoms with Crippen molar-refractivity contribution >= 4 is 0 Å². The summed E-state index contributed by atoms with van der Waals surface area (Å²) in [6.07, 6.45) is 2.41. The highest BCUT2D eigenvalue weighted by molar-refractivity contribution is 5.32. The van der Waals surface area contributed by atoms with Crippen LogP contribution in [0.5, 0.6) is 0 Å². The summed E-state index contributed by atoms with van der Waals surface area (Å²) < 4.78 is 0. The molecule has 2 aliphatic heterocycles. The van der Waals surface area contributed by atoms with E-state index in [1.807, 2.05) is 0 Å². The molecule has 1 aliphatic carbocycles. The number of benzene rings is 1. The fraction of sp³-hybridized carbons (Fsp3) is 0.625. The molecule has 4 rings (SSSR count). The summed E-state index contributed by atoms with van der Waals surface area (Å²) in [6.45, 7) is 2.31. The number of nitrogens with zero attached hydrogens (tertiary/aromatic N) is 2. The lowest BCUT2D eigenvalue weighted by Gasteiger charge is -2.31. The number of piperidine rings is 1. The van der Waals surface area contributed by atoms with Gasteiger partial charge in [0.05, 0.1) is 6.04 Å². The zero-order valence-electron chi connectivity index (χ0n) is 11.9. The average molecular weight is 258 g/mol. The Kier molecular flexibility index (Phi) is 2.39. The van der Waals surface area contributed by atoms with Crippen LogP contribution in [0.15, 0.2) is 30.3 Å². The van der Waals surface area contributed by atoms with Gasteiger partial charge in [0.15, 0.2) is 0 Å². The van der Waals surface area contributed by atoms with Gasteiger partial charge in [0.2, 0.25) is 0 Å². The molecule has 0 amide bonds. The molecule has 1 spiro atoms. The van der Waals surface area contributed by atoms with Crippen molar-refractivity contribution < 1.29 is 4.84 Å². The molecule has 1 aromatic rings. The van der Waals surface area contributed by atoms with Crippen LogP contribution >= 0.6 is 0 Å². The van der Waals surface area contributed by atoms with E-state index in [9.17, 15) is 0 Å². The van der Waals surface area contributed by atoms with Crippen molar-refractivity contribution in [1.82, 2.24) is 9.96 Å². The second-order valence-electron chi connectivity index (χ2n) is 6.33. The Labute approximate surface area is 115 Å². The maximum atomic E-state index is 6.31. The van der Waals surface area contributed by atoms with E-state index < -0.39 is 0 Å². The lowest BCUT2D eigenvalue weighted by atomic mass is 9.83. The molecule has 1 aromatic carbocycles. The maximum Gasteiger partial charge on any atom is 0.113 e. The lowest BCUT2D eigenvalue weighted by Crippen LogP contribution is -2.37. The third-order valence-electron chi connectivity index (χ3n) is 5.52. The molecular weight excluding hydrogens is 236 g/mol. The molecule has 3 aliphatic rings. The first kappa shape index (κ1) is 11.9. The minimum atomic E-state index is 0.116.